The van der Waals surface area contributed by atoms with Gasteiger partial charge in [-0.15, -0.1) is 0 Å². The lowest BCUT2D eigenvalue weighted by atomic mass is 10.0. The maximum absolute atomic E-state index is 14.7. The fourth-order valence-corrected chi connectivity index (χ4v) is 8.35. The van der Waals surface area contributed by atoms with Crippen molar-refractivity contribution in [1.29, 1.82) is 0 Å². The second kappa shape index (κ2) is 28.8. The van der Waals surface area contributed by atoms with E-state index in [-0.39, 0.29) is 82.8 Å². The Morgan fingerprint density at radius 2 is 1.41 bits per heavy atom. The predicted molar refractivity (Wildman–Crippen MR) is 275 cm³/mol. The van der Waals surface area contributed by atoms with E-state index in [1.807, 2.05) is 38.1 Å². The van der Waals surface area contributed by atoms with Gasteiger partial charge in [-0.25, -0.2) is 4.98 Å². The summed E-state index contributed by atoms with van der Waals surface area (Å²) >= 11 is 0. The summed E-state index contributed by atoms with van der Waals surface area (Å²) in [7, 11) is 0. The number of aliphatic imine (C=N–C) groups is 1. The number of aromatic amines is 2. The topological polar surface area (TPSA) is 394 Å². The molecule has 1 fully saturated rings. The Balaban J connectivity index is 1.54. The average molecular weight is 1040 g/mol. The number of hydrogen-bond donors (Lipinski definition) is 13. The van der Waals surface area contributed by atoms with Crippen LogP contribution in [-0.4, -0.2) is 130 Å². The van der Waals surface area contributed by atoms with Crippen LogP contribution >= 0.6 is 0 Å². The standard InChI is InChI=1S/C50H69N15O10/c1-28(2)20-37(59-29(3)66)45(70)65-41-24-42(67)75-58-19-10-9-16-35(43(51)68)60-47(72)39(22-31-25-56-34-15-8-7-14-33(31)34)63-44(69)36(17-11-18-55-50(52)53)61-46(71)38(21-30-12-5-4-6-13-30)62-48(73)40(64-49(41)74)23-32-26-54-27-57-32/h4-8,12-15,25-28,35-41,56,58H,9-11,16-24H2,1-3H3,(H2,51,68)(H,54,57)(H,59,66)(H,60,72)(H,61,71)(H,62,73)(H,63,69)(H,64,74)(H,65,70)(H4,52,53,55)/t35-,36+,37+,38+,39-,40+,41+/m1/s1. The highest BCUT2D eigenvalue weighted by Gasteiger charge is 2.36. The summed E-state index contributed by atoms with van der Waals surface area (Å²) in [5.41, 5.74) is 21.9. The van der Waals surface area contributed by atoms with E-state index in [0.717, 1.165) is 10.9 Å². The molecule has 5 rings (SSSR count). The van der Waals surface area contributed by atoms with Gasteiger partial charge in [-0.05, 0) is 61.6 Å². The van der Waals surface area contributed by atoms with Crippen LogP contribution in [0.2, 0.25) is 0 Å². The molecule has 4 aromatic rings. The van der Waals surface area contributed by atoms with Crippen molar-refractivity contribution in [2.45, 2.75) is 127 Å². The molecule has 1 aliphatic rings. The molecule has 3 heterocycles. The fourth-order valence-electron chi connectivity index (χ4n) is 8.35. The van der Waals surface area contributed by atoms with E-state index in [1.165, 1.54) is 19.4 Å². The Kier molecular flexibility index (Phi) is 22.1. The normalized spacial score (nSPS) is 21.4. The monoisotopic (exact) mass is 1040 g/mol. The maximum atomic E-state index is 14.7. The number of amides is 8. The average Bonchev–Trinajstić information content (AvgIpc) is 4.04. The van der Waals surface area contributed by atoms with E-state index < -0.39 is 102 Å². The minimum Gasteiger partial charge on any atom is -0.371 e. The minimum absolute atomic E-state index is 0.0412. The van der Waals surface area contributed by atoms with Crippen molar-refractivity contribution in [2.24, 2.45) is 28.1 Å². The predicted octanol–water partition coefficient (Wildman–Crippen LogP) is -1.46. The zero-order chi connectivity index (χ0) is 54.4. The van der Waals surface area contributed by atoms with Gasteiger partial charge in [-0.2, -0.15) is 5.48 Å². The Morgan fingerprint density at radius 1 is 0.773 bits per heavy atom. The number of carbonyl (C=O) groups is 9. The van der Waals surface area contributed by atoms with Crippen LogP contribution < -0.4 is 59.9 Å². The minimum atomic E-state index is -1.67. The van der Waals surface area contributed by atoms with Crippen molar-refractivity contribution in [1.82, 2.24) is 57.6 Å². The third-order valence-corrected chi connectivity index (χ3v) is 12.1. The number of guanidine groups is 1. The number of rotatable bonds is 16. The Bertz CT molecular complexity index is 2620. The lowest BCUT2D eigenvalue weighted by Gasteiger charge is -2.28. The first kappa shape index (κ1) is 57.5. The molecule has 75 heavy (non-hydrogen) atoms. The molecule has 404 valence electrons. The van der Waals surface area contributed by atoms with E-state index in [0.29, 0.717) is 16.8 Å². The number of hydroxylamine groups is 1. The number of fused-ring (bicyclic) bond motifs is 1. The summed E-state index contributed by atoms with van der Waals surface area (Å²) in [6, 6.07) is 6.39. The number of aromatic nitrogens is 3. The molecule has 0 bridgehead atoms. The van der Waals surface area contributed by atoms with Crippen molar-refractivity contribution < 1.29 is 48.0 Å². The van der Waals surface area contributed by atoms with Gasteiger partial charge in [0.15, 0.2) is 5.96 Å². The molecule has 8 amide bonds. The summed E-state index contributed by atoms with van der Waals surface area (Å²) in [6.07, 6.45) is 4.18. The summed E-state index contributed by atoms with van der Waals surface area (Å²) in [5, 5.41) is 19.5. The van der Waals surface area contributed by atoms with Crippen LogP contribution in [0.5, 0.6) is 0 Å². The number of carbonyl (C=O) groups excluding carboxylic acids is 9. The lowest BCUT2D eigenvalue weighted by molar-refractivity contribution is -0.153. The molecule has 0 unspecified atom stereocenters. The summed E-state index contributed by atoms with van der Waals surface area (Å²) in [4.78, 5) is 144. The molecule has 1 aliphatic heterocycles. The maximum Gasteiger partial charge on any atom is 0.327 e. The third-order valence-electron chi connectivity index (χ3n) is 12.1. The van der Waals surface area contributed by atoms with Gasteiger partial charge >= 0.3 is 5.97 Å². The summed E-state index contributed by atoms with van der Waals surface area (Å²) in [6.45, 7) is 4.97. The molecule has 2 aromatic heterocycles. The van der Waals surface area contributed by atoms with Gasteiger partial charge in [0, 0.05) is 68.3 Å². The van der Waals surface area contributed by atoms with Gasteiger partial charge < -0.3 is 69.2 Å². The quantitative estimate of drug-likeness (QED) is 0.0347. The van der Waals surface area contributed by atoms with Gasteiger partial charge in [-0.1, -0.05) is 62.4 Å². The van der Waals surface area contributed by atoms with E-state index in [1.54, 1.807) is 36.5 Å². The Labute approximate surface area is 433 Å². The first-order chi connectivity index (χ1) is 35.9. The lowest BCUT2D eigenvalue weighted by Crippen LogP contribution is -2.61. The molecule has 7 atom stereocenters. The largest absolute Gasteiger partial charge is 0.371 e. The number of nitrogens with zero attached hydrogens (tertiary/aromatic N) is 2. The van der Waals surface area contributed by atoms with E-state index in [2.05, 4.69) is 62.6 Å². The highest BCUT2D eigenvalue weighted by Crippen LogP contribution is 2.20. The highest BCUT2D eigenvalue weighted by molar-refractivity contribution is 5.99. The number of benzene rings is 2. The van der Waals surface area contributed by atoms with Crippen LogP contribution in [0, 0.1) is 5.92 Å². The molecular formula is C50H69N15O10. The SMILES string of the molecule is CC(=O)N[C@@H](CC(C)C)C(=O)N[C@H]1CC(=O)ONCCCC[C@H](C(N)=O)NC(=O)[C@@H](Cc2c[nH]c3ccccc23)NC(=O)[C@H](CCCN=C(N)N)NC(=O)[C@H](Cc2ccccc2)NC(=O)[C@H](Cc2cnc[nH]2)NC1=O. The molecule has 2 aromatic carbocycles. The zero-order valence-electron chi connectivity index (χ0n) is 42.2. The number of H-pyrrole nitrogens is 2. The molecule has 0 saturated carbocycles. The van der Waals surface area contributed by atoms with Gasteiger partial charge in [0.25, 0.3) is 0 Å². The number of para-hydroxylation sites is 1. The summed E-state index contributed by atoms with van der Waals surface area (Å²) in [5.74, 6) is -7.71. The smallest absolute Gasteiger partial charge is 0.327 e. The van der Waals surface area contributed by atoms with Gasteiger partial charge in [0.1, 0.15) is 42.3 Å². The molecule has 16 N–H and O–H groups in total. The van der Waals surface area contributed by atoms with Crippen molar-refractivity contribution in [2.75, 3.05) is 13.1 Å². The first-order valence-electron chi connectivity index (χ1n) is 24.8. The number of hydrogen-bond acceptors (Lipinski definition) is 13. The van der Waals surface area contributed by atoms with Crippen LogP contribution in [0.25, 0.3) is 10.9 Å². The number of primary amides is 1. The van der Waals surface area contributed by atoms with E-state index >= 15 is 0 Å². The second-order valence-electron chi connectivity index (χ2n) is 18.7. The number of nitrogens with two attached hydrogens (primary N) is 3. The fraction of sp³-hybridized carbons (Fsp3) is 0.460. The van der Waals surface area contributed by atoms with Crippen LogP contribution in [0.15, 0.2) is 78.3 Å². The molecular weight excluding hydrogens is 971 g/mol. The van der Waals surface area contributed by atoms with Crippen molar-refractivity contribution in [3.05, 3.63) is 90.1 Å². The van der Waals surface area contributed by atoms with Gasteiger partial charge in [-0.3, -0.25) is 48.1 Å². The molecule has 1 saturated heterocycles. The van der Waals surface area contributed by atoms with Crippen molar-refractivity contribution in [3.8, 4) is 0 Å². The molecule has 0 aliphatic carbocycles. The van der Waals surface area contributed by atoms with Crippen molar-refractivity contribution in [3.63, 3.8) is 0 Å². The second-order valence-corrected chi connectivity index (χ2v) is 18.7. The molecule has 25 heteroatoms. The van der Waals surface area contributed by atoms with Crippen LogP contribution in [0.1, 0.15) is 82.5 Å². The zero-order valence-corrected chi connectivity index (χ0v) is 42.2. The van der Waals surface area contributed by atoms with E-state index in [4.69, 9.17) is 22.0 Å². The Hall–Kier alpha value is -8.35. The molecule has 0 radical (unpaired) electrons. The van der Waals surface area contributed by atoms with Crippen molar-refractivity contribution >= 4 is 70.1 Å². The first-order valence-corrected chi connectivity index (χ1v) is 24.8. The van der Waals surface area contributed by atoms with Gasteiger partial charge in [0.2, 0.25) is 47.3 Å². The van der Waals surface area contributed by atoms with Crippen LogP contribution in [0.4, 0.5) is 0 Å². The Morgan fingerprint density at radius 3 is 2.08 bits per heavy atom. The summed E-state index contributed by atoms with van der Waals surface area (Å²) < 4.78 is 0. The van der Waals surface area contributed by atoms with Crippen LogP contribution in [0.3, 0.4) is 0 Å². The molecule has 25 nitrogen and oxygen atoms in total. The van der Waals surface area contributed by atoms with Gasteiger partial charge in [0.05, 0.1) is 12.7 Å². The number of nitrogens with one attached hydrogen (secondary N) is 10. The van der Waals surface area contributed by atoms with Crippen LogP contribution in [-0.2, 0) is 67.3 Å². The highest BCUT2D eigenvalue weighted by atomic mass is 16.7. The third kappa shape index (κ3) is 18.9. The molecule has 0 spiro atoms. The van der Waals surface area contributed by atoms with E-state index in [9.17, 15) is 43.2 Å². The number of imidazole rings is 1.